The Morgan fingerprint density at radius 2 is 1.88 bits per heavy atom. The van der Waals surface area contributed by atoms with Crippen LogP contribution in [0.2, 0.25) is 0 Å². The summed E-state index contributed by atoms with van der Waals surface area (Å²) in [5.41, 5.74) is 6.67. The maximum absolute atomic E-state index is 11.5. The van der Waals surface area contributed by atoms with Gasteiger partial charge in [0.2, 0.25) is 5.91 Å². The molecule has 0 saturated carbocycles. The van der Waals surface area contributed by atoms with Crippen molar-refractivity contribution in [2.45, 2.75) is 19.8 Å². The first-order valence-electron chi connectivity index (χ1n) is 5.68. The average Bonchev–Trinajstić information content (AvgIpc) is 2.35. The molecule has 0 aliphatic carbocycles. The van der Waals surface area contributed by atoms with E-state index in [1.807, 2.05) is 25.1 Å². The van der Waals surface area contributed by atoms with Gasteiger partial charge in [-0.1, -0.05) is 44.2 Å². The molecule has 1 amide bonds. The summed E-state index contributed by atoms with van der Waals surface area (Å²) in [5, 5.41) is 2.91. The first-order valence-corrected chi connectivity index (χ1v) is 5.68. The number of rotatable bonds is 5. The first-order chi connectivity index (χ1) is 7.65. The Balaban J connectivity index is 0.00000256. The number of amides is 1. The molecule has 3 nitrogen and oxygen atoms in total. The fourth-order valence-electron chi connectivity index (χ4n) is 1.43. The van der Waals surface area contributed by atoms with E-state index in [0.717, 1.165) is 0 Å². The molecule has 0 bridgehead atoms. The van der Waals surface area contributed by atoms with Crippen molar-refractivity contribution in [1.82, 2.24) is 5.32 Å². The fourth-order valence-corrected chi connectivity index (χ4v) is 1.43. The lowest BCUT2D eigenvalue weighted by atomic mass is 10.0. The molecular formula is C13H21ClN2O. The molecule has 0 saturated heterocycles. The highest BCUT2D eigenvalue weighted by atomic mass is 35.5. The van der Waals surface area contributed by atoms with Crippen molar-refractivity contribution in [2.24, 2.45) is 11.7 Å². The van der Waals surface area contributed by atoms with Crippen LogP contribution in [-0.4, -0.2) is 19.0 Å². The predicted molar refractivity (Wildman–Crippen MR) is 73.3 cm³/mol. The van der Waals surface area contributed by atoms with Gasteiger partial charge in [0.05, 0.1) is 0 Å². The Kier molecular flexibility index (Phi) is 7.59. The van der Waals surface area contributed by atoms with Gasteiger partial charge in [-0.05, 0) is 11.5 Å². The monoisotopic (exact) mass is 256 g/mol. The average molecular weight is 257 g/mol. The van der Waals surface area contributed by atoms with Crippen LogP contribution in [0.4, 0.5) is 0 Å². The molecule has 0 spiro atoms. The molecule has 2 unspecified atom stereocenters. The molecule has 2 atom stereocenters. The van der Waals surface area contributed by atoms with E-state index in [0.29, 0.717) is 19.0 Å². The molecule has 1 aromatic rings. The van der Waals surface area contributed by atoms with Crippen LogP contribution in [0.15, 0.2) is 30.3 Å². The summed E-state index contributed by atoms with van der Waals surface area (Å²) in [7, 11) is 0. The number of hydrogen-bond acceptors (Lipinski definition) is 2. The Bertz CT molecular complexity index is 329. The van der Waals surface area contributed by atoms with Crippen LogP contribution in [-0.2, 0) is 4.79 Å². The topological polar surface area (TPSA) is 55.1 Å². The van der Waals surface area contributed by atoms with Gasteiger partial charge in [-0.15, -0.1) is 12.4 Å². The van der Waals surface area contributed by atoms with Crippen molar-refractivity contribution in [1.29, 1.82) is 0 Å². The number of carbonyl (C=O) groups is 1. The van der Waals surface area contributed by atoms with Crippen LogP contribution in [0, 0.1) is 5.92 Å². The quantitative estimate of drug-likeness (QED) is 0.846. The van der Waals surface area contributed by atoms with Crippen molar-refractivity contribution < 1.29 is 4.79 Å². The summed E-state index contributed by atoms with van der Waals surface area (Å²) < 4.78 is 0. The van der Waals surface area contributed by atoms with E-state index >= 15 is 0 Å². The summed E-state index contributed by atoms with van der Waals surface area (Å²) in [6.45, 7) is 4.99. The number of halogens is 1. The largest absolute Gasteiger partial charge is 0.355 e. The minimum Gasteiger partial charge on any atom is -0.355 e. The number of nitrogens with one attached hydrogen (secondary N) is 1. The van der Waals surface area contributed by atoms with Crippen LogP contribution in [0.25, 0.3) is 0 Å². The summed E-state index contributed by atoms with van der Waals surface area (Å²) in [4.78, 5) is 11.5. The van der Waals surface area contributed by atoms with E-state index in [-0.39, 0.29) is 24.2 Å². The molecule has 0 heterocycles. The highest BCUT2D eigenvalue weighted by molar-refractivity contribution is 5.85. The minimum atomic E-state index is -0.108. The molecule has 17 heavy (non-hydrogen) atoms. The summed E-state index contributed by atoms with van der Waals surface area (Å²) in [6.07, 6.45) is 0. The Morgan fingerprint density at radius 1 is 1.29 bits per heavy atom. The zero-order valence-electron chi connectivity index (χ0n) is 10.3. The van der Waals surface area contributed by atoms with Crippen molar-refractivity contribution >= 4 is 18.3 Å². The van der Waals surface area contributed by atoms with Gasteiger partial charge in [-0.3, -0.25) is 4.79 Å². The lowest BCUT2D eigenvalue weighted by Gasteiger charge is -2.15. The summed E-state index contributed by atoms with van der Waals surface area (Å²) in [5.74, 6) is 0.253. The van der Waals surface area contributed by atoms with Crippen molar-refractivity contribution in [3.05, 3.63) is 35.9 Å². The Morgan fingerprint density at radius 3 is 2.41 bits per heavy atom. The van der Waals surface area contributed by atoms with Crippen molar-refractivity contribution in [3.63, 3.8) is 0 Å². The van der Waals surface area contributed by atoms with Gasteiger partial charge in [0.1, 0.15) is 0 Å². The van der Waals surface area contributed by atoms with Gasteiger partial charge in [0, 0.05) is 19.0 Å². The molecule has 1 rings (SSSR count). The number of hydrogen-bond donors (Lipinski definition) is 2. The van der Waals surface area contributed by atoms with Gasteiger partial charge in [0.15, 0.2) is 0 Å². The number of benzene rings is 1. The van der Waals surface area contributed by atoms with E-state index in [1.54, 1.807) is 0 Å². The van der Waals surface area contributed by atoms with Gasteiger partial charge >= 0.3 is 0 Å². The third kappa shape index (κ3) is 5.20. The van der Waals surface area contributed by atoms with E-state index in [2.05, 4.69) is 24.4 Å². The third-order valence-electron chi connectivity index (χ3n) is 2.75. The second-order valence-corrected chi connectivity index (χ2v) is 4.19. The van der Waals surface area contributed by atoms with Crippen LogP contribution in [0.5, 0.6) is 0 Å². The lowest BCUT2D eigenvalue weighted by Crippen LogP contribution is -2.35. The molecule has 96 valence electrons. The zero-order chi connectivity index (χ0) is 12.0. The molecule has 4 heteroatoms. The fraction of sp³-hybridized carbons (Fsp3) is 0.462. The zero-order valence-corrected chi connectivity index (χ0v) is 11.2. The molecule has 0 aliphatic heterocycles. The molecule has 0 radical (unpaired) electrons. The first kappa shape index (κ1) is 15.9. The van der Waals surface area contributed by atoms with Gasteiger partial charge < -0.3 is 11.1 Å². The van der Waals surface area contributed by atoms with E-state index < -0.39 is 0 Å². The second-order valence-electron chi connectivity index (χ2n) is 4.19. The second kappa shape index (κ2) is 8.09. The van der Waals surface area contributed by atoms with Crippen molar-refractivity contribution in [3.8, 4) is 0 Å². The molecule has 0 fully saturated rings. The SMILES string of the molecule is CC(CN)C(=O)NCC(C)c1ccccc1.Cl. The van der Waals surface area contributed by atoms with Crippen LogP contribution in [0.3, 0.4) is 0 Å². The van der Waals surface area contributed by atoms with Gasteiger partial charge in [-0.25, -0.2) is 0 Å². The van der Waals surface area contributed by atoms with E-state index in [9.17, 15) is 4.79 Å². The molecule has 3 N–H and O–H groups in total. The Labute approximate surface area is 109 Å². The molecular weight excluding hydrogens is 236 g/mol. The van der Waals surface area contributed by atoms with Crippen LogP contribution < -0.4 is 11.1 Å². The lowest BCUT2D eigenvalue weighted by molar-refractivity contribution is -0.124. The molecule has 1 aromatic carbocycles. The van der Waals surface area contributed by atoms with Gasteiger partial charge in [-0.2, -0.15) is 0 Å². The smallest absolute Gasteiger partial charge is 0.224 e. The molecule has 0 aromatic heterocycles. The standard InChI is InChI=1S/C13H20N2O.ClH/c1-10(8-14)13(16)15-9-11(2)12-6-4-3-5-7-12;/h3-7,10-11H,8-9,14H2,1-2H3,(H,15,16);1H. The summed E-state index contributed by atoms with van der Waals surface area (Å²) in [6, 6.07) is 10.2. The number of nitrogens with two attached hydrogens (primary N) is 1. The van der Waals surface area contributed by atoms with E-state index in [1.165, 1.54) is 5.56 Å². The maximum Gasteiger partial charge on any atom is 0.224 e. The van der Waals surface area contributed by atoms with Crippen molar-refractivity contribution in [2.75, 3.05) is 13.1 Å². The highest BCUT2D eigenvalue weighted by Crippen LogP contribution is 2.13. The molecule has 0 aliphatic rings. The normalized spacial score (nSPS) is 13.4. The minimum absolute atomic E-state index is 0. The maximum atomic E-state index is 11.5. The summed E-state index contributed by atoms with van der Waals surface area (Å²) >= 11 is 0. The van der Waals surface area contributed by atoms with Crippen LogP contribution in [0.1, 0.15) is 25.3 Å². The Hall–Kier alpha value is -1.06. The van der Waals surface area contributed by atoms with Gasteiger partial charge in [0.25, 0.3) is 0 Å². The van der Waals surface area contributed by atoms with E-state index in [4.69, 9.17) is 5.73 Å². The highest BCUT2D eigenvalue weighted by Gasteiger charge is 2.12. The van der Waals surface area contributed by atoms with Crippen LogP contribution >= 0.6 is 12.4 Å². The third-order valence-corrected chi connectivity index (χ3v) is 2.75. The number of carbonyl (C=O) groups excluding carboxylic acids is 1. The predicted octanol–water partition coefficient (Wildman–Crippen LogP) is 1.92.